The molecule has 2 aromatic rings. The normalized spacial score (nSPS) is 12.7. The van der Waals surface area contributed by atoms with E-state index in [1.807, 2.05) is 36.9 Å². The van der Waals surface area contributed by atoms with Gasteiger partial charge in [0.1, 0.15) is 0 Å². The van der Waals surface area contributed by atoms with Crippen LogP contribution in [0.2, 0.25) is 10.0 Å². The average molecular weight is 312 g/mol. The summed E-state index contributed by atoms with van der Waals surface area (Å²) >= 11 is 12.4. The van der Waals surface area contributed by atoms with Crippen LogP contribution in [0.1, 0.15) is 29.9 Å². The molecule has 0 aliphatic heterocycles. The largest absolute Gasteiger partial charge is 0.313 e. The van der Waals surface area contributed by atoms with Gasteiger partial charge in [-0.25, -0.2) is 0 Å². The summed E-state index contributed by atoms with van der Waals surface area (Å²) in [6, 6.07) is 8.06. The van der Waals surface area contributed by atoms with E-state index in [-0.39, 0.29) is 6.04 Å². The third kappa shape index (κ3) is 3.17. The lowest BCUT2D eigenvalue weighted by molar-refractivity contribution is 0.541. The summed E-state index contributed by atoms with van der Waals surface area (Å²) in [5.41, 5.74) is 3.09. The molecule has 0 amide bonds. The van der Waals surface area contributed by atoms with Crippen LogP contribution in [0.4, 0.5) is 0 Å². The quantitative estimate of drug-likeness (QED) is 0.903. The Balaban J connectivity index is 2.31. The third-order valence-corrected chi connectivity index (χ3v) is 4.18. The molecule has 0 bridgehead atoms. The van der Waals surface area contributed by atoms with Crippen molar-refractivity contribution in [2.75, 3.05) is 7.05 Å². The smallest absolute Gasteiger partial charge is 0.0847 e. The Labute approximate surface area is 129 Å². The average Bonchev–Trinajstić information content (AvgIpc) is 2.71. The Morgan fingerprint density at radius 1 is 1.35 bits per heavy atom. The fourth-order valence-electron chi connectivity index (χ4n) is 2.37. The molecule has 5 heteroatoms. The minimum atomic E-state index is 0.160. The number of halogens is 2. The van der Waals surface area contributed by atoms with Crippen LogP contribution in [0.5, 0.6) is 0 Å². The summed E-state index contributed by atoms with van der Waals surface area (Å²) in [6.45, 7) is 4.82. The SMILES string of the molecule is CCn1nc(C)c(Cl)c1CC(NC)c1cccc(Cl)c1. The van der Waals surface area contributed by atoms with Gasteiger partial charge in [0, 0.05) is 24.0 Å². The Morgan fingerprint density at radius 2 is 2.10 bits per heavy atom. The van der Waals surface area contributed by atoms with E-state index in [0.717, 1.165) is 40.0 Å². The Morgan fingerprint density at radius 3 is 2.70 bits per heavy atom. The number of hydrogen-bond acceptors (Lipinski definition) is 2. The second-order valence-electron chi connectivity index (χ2n) is 4.76. The van der Waals surface area contributed by atoms with Gasteiger partial charge < -0.3 is 5.32 Å². The van der Waals surface area contributed by atoms with Crippen LogP contribution in [0.15, 0.2) is 24.3 Å². The van der Waals surface area contributed by atoms with Gasteiger partial charge in [-0.05, 0) is 38.6 Å². The van der Waals surface area contributed by atoms with E-state index < -0.39 is 0 Å². The van der Waals surface area contributed by atoms with Gasteiger partial charge in [-0.2, -0.15) is 5.10 Å². The van der Waals surface area contributed by atoms with Crippen LogP contribution in [-0.4, -0.2) is 16.8 Å². The van der Waals surface area contributed by atoms with Gasteiger partial charge in [-0.3, -0.25) is 4.68 Å². The fourth-order valence-corrected chi connectivity index (χ4v) is 2.78. The third-order valence-electron chi connectivity index (χ3n) is 3.45. The molecule has 2 rings (SSSR count). The topological polar surface area (TPSA) is 29.9 Å². The van der Waals surface area contributed by atoms with Crippen molar-refractivity contribution in [3.8, 4) is 0 Å². The van der Waals surface area contributed by atoms with E-state index in [1.54, 1.807) is 0 Å². The Kier molecular flexibility index (Phi) is 5.08. The maximum Gasteiger partial charge on any atom is 0.0847 e. The van der Waals surface area contributed by atoms with E-state index >= 15 is 0 Å². The minimum absolute atomic E-state index is 0.160. The molecule has 3 nitrogen and oxygen atoms in total. The van der Waals surface area contributed by atoms with Crippen molar-refractivity contribution in [3.05, 3.63) is 51.3 Å². The highest BCUT2D eigenvalue weighted by molar-refractivity contribution is 6.32. The zero-order valence-electron chi connectivity index (χ0n) is 12.0. The van der Waals surface area contributed by atoms with Gasteiger partial charge in [0.2, 0.25) is 0 Å². The van der Waals surface area contributed by atoms with E-state index in [0.29, 0.717) is 0 Å². The monoisotopic (exact) mass is 311 g/mol. The highest BCUT2D eigenvalue weighted by Gasteiger charge is 2.18. The number of rotatable bonds is 5. The lowest BCUT2D eigenvalue weighted by atomic mass is 10.0. The number of benzene rings is 1. The molecule has 1 unspecified atom stereocenters. The zero-order valence-corrected chi connectivity index (χ0v) is 13.5. The van der Waals surface area contributed by atoms with Gasteiger partial charge in [0.25, 0.3) is 0 Å². The summed E-state index contributed by atoms with van der Waals surface area (Å²) in [5, 5.41) is 9.28. The molecule has 1 heterocycles. The molecule has 1 N–H and O–H groups in total. The van der Waals surface area contributed by atoms with Crippen molar-refractivity contribution in [1.29, 1.82) is 0 Å². The van der Waals surface area contributed by atoms with Crippen LogP contribution in [0.3, 0.4) is 0 Å². The van der Waals surface area contributed by atoms with Crippen molar-refractivity contribution in [2.45, 2.75) is 32.9 Å². The van der Waals surface area contributed by atoms with E-state index in [9.17, 15) is 0 Å². The first-order valence-electron chi connectivity index (χ1n) is 6.71. The van der Waals surface area contributed by atoms with E-state index in [4.69, 9.17) is 23.2 Å². The number of aryl methyl sites for hydroxylation is 2. The first-order chi connectivity index (χ1) is 9.56. The minimum Gasteiger partial charge on any atom is -0.313 e. The zero-order chi connectivity index (χ0) is 14.7. The molecule has 1 atom stereocenters. The molecule has 0 aliphatic rings. The van der Waals surface area contributed by atoms with Crippen LogP contribution in [0.25, 0.3) is 0 Å². The maximum absolute atomic E-state index is 6.38. The molecule has 0 fully saturated rings. The Bertz CT molecular complexity index is 593. The predicted octanol–water partition coefficient (Wildman–Crippen LogP) is 4.02. The molecule has 1 aromatic carbocycles. The van der Waals surface area contributed by atoms with Crippen molar-refractivity contribution in [3.63, 3.8) is 0 Å². The highest BCUT2D eigenvalue weighted by atomic mass is 35.5. The van der Waals surface area contributed by atoms with Crippen molar-refractivity contribution in [2.24, 2.45) is 0 Å². The molecule has 1 aromatic heterocycles. The molecule has 108 valence electrons. The van der Waals surface area contributed by atoms with E-state index in [1.165, 1.54) is 0 Å². The first kappa shape index (κ1) is 15.4. The lowest BCUT2D eigenvalue weighted by Crippen LogP contribution is -2.20. The number of aromatic nitrogens is 2. The van der Waals surface area contributed by atoms with Crippen LogP contribution in [0, 0.1) is 6.92 Å². The van der Waals surface area contributed by atoms with Gasteiger partial charge in [-0.15, -0.1) is 0 Å². The molecule has 0 saturated carbocycles. The summed E-state index contributed by atoms with van der Waals surface area (Å²) in [7, 11) is 1.94. The van der Waals surface area contributed by atoms with Crippen LogP contribution in [-0.2, 0) is 13.0 Å². The summed E-state index contributed by atoms with van der Waals surface area (Å²) in [4.78, 5) is 0. The van der Waals surface area contributed by atoms with Gasteiger partial charge in [-0.1, -0.05) is 35.3 Å². The lowest BCUT2D eigenvalue weighted by Gasteiger charge is -2.18. The van der Waals surface area contributed by atoms with Gasteiger partial charge >= 0.3 is 0 Å². The van der Waals surface area contributed by atoms with E-state index in [2.05, 4.69) is 23.4 Å². The van der Waals surface area contributed by atoms with Gasteiger partial charge in [0.05, 0.1) is 16.4 Å². The van der Waals surface area contributed by atoms with Crippen LogP contribution >= 0.6 is 23.2 Å². The summed E-state index contributed by atoms with van der Waals surface area (Å²) < 4.78 is 1.96. The summed E-state index contributed by atoms with van der Waals surface area (Å²) in [6.07, 6.45) is 0.782. The molecular weight excluding hydrogens is 293 g/mol. The molecule has 20 heavy (non-hydrogen) atoms. The Hall–Kier alpha value is -1.03. The van der Waals surface area contributed by atoms with Crippen molar-refractivity contribution >= 4 is 23.2 Å². The number of likely N-dealkylation sites (N-methyl/N-ethyl adjacent to an activating group) is 1. The van der Waals surface area contributed by atoms with Crippen molar-refractivity contribution < 1.29 is 0 Å². The molecule has 0 aliphatic carbocycles. The molecular formula is C15H19Cl2N3. The molecule has 0 radical (unpaired) electrons. The molecule has 0 saturated heterocycles. The number of nitrogens with one attached hydrogen (secondary N) is 1. The van der Waals surface area contributed by atoms with Gasteiger partial charge in [0.15, 0.2) is 0 Å². The maximum atomic E-state index is 6.38. The first-order valence-corrected chi connectivity index (χ1v) is 7.46. The second kappa shape index (κ2) is 6.61. The number of hydrogen-bond donors (Lipinski definition) is 1. The summed E-state index contributed by atoms with van der Waals surface area (Å²) in [5.74, 6) is 0. The number of nitrogens with zero attached hydrogens (tertiary/aromatic N) is 2. The predicted molar refractivity (Wildman–Crippen MR) is 84.6 cm³/mol. The fraction of sp³-hybridized carbons (Fsp3) is 0.400. The standard InChI is InChI=1S/C15H19Cl2N3/c1-4-20-14(15(17)10(2)19-20)9-13(18-3)11-6-5-7-12(16)8-11/h5-8,13,18H,4,9H2,1-3H3. The van der Waals surface area contributed by atoms with Crippen LogP contribution < -0.4 is 5.32 Å². The highest BCUT2D eigenvalue weighted by Crippen LogP contribution is 2.27. The molecule has 0 spiro atoms. The van der Waals surface area contributed by atoms with Crippen molar-refractivity contribution in [1.82, 2.24) is 15.1 Å². The second-order valence-corrected chi connectivity index (χ2v) is 5.58.